The Hall–Kier alpha value is -1.94. The molecule has 7 nitrogen and oxygen atoms in total. The molecule has 2 fully saturated rings. The van der Waals surface area contributed by atoms with E-state index in [9.17, 15) is 18.0 Å². The van der Waals surface area contributed by atoms with Gasteiger partial charge in [-0.05, 0) is 43.2 Å². The first-order valence-corrected chi connectivity index (χ1v) is 12.9. The van der Waals surface area contributed by atoms with E-state index in [1.165, 1.54) is 11.3 Å². The maximum atomic E-state index is 12.8. The summed E-state index contributed by atoms with van der Waals surface area (Å²) >= 11 is 7.19. The Labute approximate surface area is 191 Å². The Kier molecular flexibility index (Phi) is 6.66. The van der Waals surface area contributed by atoms with Crippen molar-refractivity contribution in [1.82, 2.24) is 9.62 Å². The third-order valence-electron chi connectivity index (χ3n) is 5.60. The molecule has 2 aliphatic heterocycles. The lowest BCUT2D eigenvalue weighted by Crippen LogP contribution is -2.35. The Morgan fingerprint density at radius 1 is 1.16 bits per heavy atom. The van der Waals surface area contributed by atoms with E-state index >= 15 is 0 Å². The first-order chi connectivity index (χ1) is 14.8. The molecule has 0 saturated carbocycles. The molecule has 31 heavy (non-hydrogen) atoms. The molecular formula is C21H24ClN3O4S2. The van der Waals surface area contributed by atoms with Gasteiger partial charge in [-0.3, -0.25) is 9.59 Å². The molecule has 0 radical (unpaired) electrons. The van der Waals surface area contributed by atoms with Gasteiger partial charge in [0.1, 0.15) is 4.21 Å². The zero-order valence-corrected chi connectivity index (χ0v) is 19.3. The molecule has 1 N–H and O–H groups in total. The number of hydrogen-bond donors (Lipinski definition) is 1. The summed E-state index contributed by atoms with van der Waals surface area (Å²) in [7, 11) is -3.47. The molecule has 2 saturated heterocycles. The van der Waals surface area contributed by atoms with Crippen LogP contribution < -0.4 is 10.2 Å². The van der Waals surface area contributed by atoms with Gasteiger partial charge >= 0.3 is 0 Å². The normalized spacial score (nSPS) is 20.2. The number of anilines is 1. The van der Waals surface area contributed by atoms with E-state index in [0.29, 0.717) is 34.6 Å². The highest BCUT2D eigenvalue weighted by atomic mass is 35.5. The van der Waals surface area contributed by atoms with Crippen LogP contribution in [0.5, 0.6) is 0 Å². The van der Waals surface area contributed by atoms with E-state index in [0.717, 1.165) is 24.1 Å². The zero-order chi connectivity index (χ0) is 22.0. The van der Waals surface area contributed by atoms with Crippen molar-refractivity contribution in [3.8, 4) is 0 Å². The summed E-state index contributed by atoms with van der Waals surface area (Å²) in [6.45, 7) is 1.65. The minimum atomic E-state index is -3.47. The molecule has 1 atom stereocenters. The number of sulfonamides is 1. The number of halogens is 1. The molecule has 0 bridgehead atoms. The number of amides is 2. The van der Waals surface area contributed by atoms with Gasteiger partial charge in [-0.15, -0.1) is 11.3 Å². The minimum Gasteiger partial charge on any atom is -0.351 e. The Morgan fingerprint density at radius 3 is 2.68 bits per heavy atom. The largest absolute Gasteiger partial charge is 0.351 e. The lowest BCUT2D eigenvalue weighted by Gasteiger charge is -2.25. The molecule has 166 valence electrons. The molecule has 3 heterocycles. The molecule has 1 aromatic carbocycles. The Morgan fingerprint density at radius 2 is 1.94 bits per heavy atom. The molecule has 1 aromatic heterocycles. The second kappa shape index (κ2) is 9.28. The fourth-order valence-corrected chi connectivity index (χ4v) is 7.07. The first kappa shape index (κ1) is 22.3. The summed E-state index contributed by atoms with van der Waals surface area (Å²) < 4.78 is 27.4. The molecule has 2 aromatic rings. The van der Waals surface area contributed by atoms with Gasteiger partial charge in [0.15, 0.2) is 0 Å². The predicted octanol–water partition coefficient (Wildman–Crippen LogP) is 3.25. The fraction of sp³-hybridized carbons (Fsp3) is 0.429. The van der Waals surface area contributed by atoms with Crippen LogP contribution in [0.25, 0.3) is 0 Å². The number of piperidine rings is 1. The number of hydrogen-bond acceptors (Lipinski definition) is 5. The third kappa shape index (κ3) is 4.95. The third-order valence-corrected chi connectivity index (χ3v) is 9.29. The molecule has 0 aliphatic carbocycles. The van der Waals surface area contributed by atoms with Gasteiger partial charge in [0.25, 0.3) is 10.0 Å². The molecule has 2 aliphatic rings. The quantitative estimate of drug-likeness (QED) is 0.686. The predicted molar refractivity (Wildman–Crippen MR) is 121 cm³/mol. The van der Waals surface area contributed by atoms with Crippen LogP contribution in [-0.4, -0.2) is 44.2 Å². The number of carbonyl (C=O) groups excluding carboxylic acids is 2. The maximum absolute atomic E-state index is 12.8. The average molecular weight is 482 g/mol. The highest BCUT2D eigenvalue weighted by Crippen LogP contribution is 2.29. The van der Waals surface area contributed by atoms with E-state index in [2.05, 4.69) is 5.32 Å². The van der Waals surface area contributed by atoms with Crippen LogP contribution in [0.3, 0.4) is 0 Å². The van der Waals surface area contributed by atoms with Crippen molar-refractivity contribution in [2.24, 2.45) is 5.92 Å². The molecule has 10 heteroatoms. The van der Waals surface area contributed by atoms with Gasteiger partial charge in [-0.1, -0.05) is 24.1 Å². The van der Waals surface area contributed by atoms with Gasteiger partial charge in [0.2, 0.25) is 11.8 Å². The number of carbonyl (C=O) groups is 2. The van der Waals surface area contributed by atoms with E-state index in [4.69, 9.17) is 11.6 Å². The Balaban J connectivity index is 1.35. The van der Waals surface area contributed by atoms with Crippen LogP contribution in [0.1, 0.15) is 30.6 Å². The highest BCUT2D eigenvalue weighted by molar-refractivity contribution is 7.91. The maximum Gasteiger partial charge on any atom is 0.252 e. The zero-order valence-electron chi connectivity index (χ0n) is 16.9. The van der Waals surface area contributed by atoms with Crippen LogP contribution in [-0.2, 0) is 26.2 Å². The smallest absolute Gasteiger partial charge is 0.252 e. The number of benzene rings is 1. The van der Waals surface area contributed by atoms with Crippen LogP contribution in [0.2, 0.25) is 5.02 Å². The van der Waals surface area contributed by atoms with Crippen LogP contribution in [0, 0.1) is 5.92 Å². The van der Waals surface area contributed by atoms with E-state index < -0.39 is 15.9 Å². The molecule has 0 spiro atoms. The number of nitrogens with one attached hydrogen (secondary N) is 1. The summed E-state index contributed by atoms with van der Waals surface area (Å²) in [4.78, 5) is 27.3. The molecule has 2 amide bonds. The SMILES string of the molecule is O=C(NCc1ccc(S(=O)(=O)N2CCCCC2)s1)[C@@H]1CC(=O)N(c2cccc(Cl)c2)C1. The summed E-state index contributed by atoms with van der Waals surface area (Å²) in [5.41, 5.74) is 0.679. The van der Waals surface area contributed by atoms with Crippen molar-refractivity contribution in [3.63, 3.8) is 0 Å². The number of thiophene rings is 1. The lowest BCUT2D eigenvalue weighted by molar-refractivity contribution is -0.126. The van der Waals surface area contributed by atoms with Gasteiger partial charge < -0.3 is 10.2 Å². The van der Waals surface area contributed by atoms with Gasteiger partial charge in [-0.25, -0.2) is 8.42 Å². The standard InChI is InChI=1S/C21H24ClN3O4S2/c22-16-5-4-6-17(12-16)25-14-15(11-19(25)26)21(27)23-13-18-7-8-20(30-18)31(28,29)24-9-2-1-3-10-24/h4-8,12,15H,1-3,9-11,13-14H2,(H,23,27)/t15-/m1/s1. The van der Waals surface area contributed by atoms with Crippen LogP contribution in [0.15, 0.2) is 40.6 Å². The summed E-state index contributed by atoms with van der Waals surface area (Å²) in [5, 5.41) is 3.38. The minimum absolute atomic E-state index is 0.117. The second-order valence-corrected chi connectivity index (χ2v) is 11.6. The van der Waals surface area contributed by atoms with Crippen molar-refractivity contribution < 1.29 is 18.0 Å². The van der Waals surface area contributed by atoms with Crippen LogP contribution >= 0.6 is 22.9 Å². The fourth-order valence-electron chi connectivity index (χ4n) is 3.92. The molecular weight excluding hydrogens is 458 g/mol. The van der Waals surface area contributed by atoms with E-state index in [-0.39, 0.29) is 24.8 Å². The summed E-state index contributed by atoms with van der Waals surface area (Å²) in [5.74, 6) is -0.789. The van der Waals surface area contributed by atoms with Crippen molar-refractivity contribution >= 4 is 50.5 Å². The van der Waals surface area contributed by atoms with Gasteiger partial charge in [0, 0.05) is 41.6 Å². The van der Waals surface area contributed by atoms with Crippen molar-refractivity contribution in [2.75, 3.05) is 24.5 Å². The monoisotopic (exact) mass is 481 g/mol. The molecule has 4 rings (SSSR count). The number of nitrogens with zero attached hydrogens (tertiary/aromatic N) is 2. The topological polar surface area (TPSA) is 86.8 Å². The van der Waals surface area contributed by atoms with E-state index in [1.807, 2.05) is 0 Å². The molecule has 0 unspecified atom stereocenters. The van der Waals surface area contributed by atoms with Gasteiger partial charge in [-0.2, -0.15) is 4.31 Å². The summed E-state index contributed by atoms with van der Waals surface area (Å²) in [6.07, 6.45) is 2.98. The van der Waals surface area contributed by atoms with Crippen molar-refractivity contribution in [2.45, 2.75) is 36.4 Å². The Bertz CT molecular complexity index is 1080. The second-order valence-electron chi connectivity index (χ2n) is 7.79. The van der Waals surface area contributed by atoms with Crippen LogP contribution in [0.4, 0.5) is 5.69 Å². The van der Waals surface area contributed by atoms with Crippen molar-refractivity contribution in [3.05, 3.63) is 46.3 Å². The number of rotatable bonds is 6. The first-order valence-electron chi connectivity index (χ1n) is 10.3. The lowest BCUT2D eigenvalue weighted by atomic mass is 10.1. The average Bonchev–Trinajstić information content (AvgIpc) is 3.40. The summed E-state index contributed by atoms with van der Waals surface area (Å²) in [6, 6.07) is 10.3. The van der Waals surface area contributed by atoms with E-state index in [1.54, 1.807) is 45.6 Å². The van der Waals surface area contributed by atoms with Gasteiger partial charge in [0.05, 0.1) is 12.5 Å². The van der Waals surface area contributed by atoms with Crippen molar-refractivity contribution in [1.29, 1.82) is 0 Å². The highest BCUT2D eigenvalue weighted by Gasteiger charge is 2.35.